The molecule has 4 N–H and O–H groups in total. The van der Waals surface area contributed by atoms with Crippen LogP contribution in [0.2, 0.25) is 0 Å². The van der Waals surface area contributed by atoms with E-state index >= 15 is 0 Å². The average Bonchev–Trinajstić information content (AvgIpc) is 2.16. The molecule has 0 aromatic carbocycles. The summed E-state index contributed by atoms with van der Waals surface area (Å²) in [4.78, 5) is 0. The average molecular weight is 364 g/mol. The molecular weight excluding hydrogens is 351 g/mol. The molecule has 0 aromatic heterocycles. The van der Waals surface area contributed by atoms with Crippen LogP contribution in [0.1, 0.15) is 0 Å². The molecule has 0 saturated heterocycles. The van der Waals surface area contributed by atoms with Gasteiger partial charge in [-0.25, -0.2) is 8.42 Å². The fraction of sp³-hybridized carbons (Fsp3) is 0. The van der Waals surface area contributed by atoms with E-state index in [9.17, 15) is 29.8 Å². The summed E-state index contributed by atoms with van der Waals surface area (Å²) in [5.74, 6) is 0. The third-order valence-electron chi connectivity index (χ3n) is 0.625. The largest absolute Gasteiger partial charge is 1.00 e. The Hall–Kier alpha value is -0.0900. The fourth-order valence-corrected chi connectivity index (χ4v) is 0. The van der Waals surface area contributed by atoms with Crippen LogP contribution in [0, 0.1) is 0 Å². The van der Waals surface area contributed by atoms with Gasteiger partial charge in [-0.2, -0.15) is 16.8 Å². The van der Waals surface area contributed by atoms with Crippen molar-refractivity contribution in [2.75, 3.05) is 0 Å². The maximum Gasteiger partial charge on any atom is 1.00 e. The molecule has 0 atom stereocenters. The Labute approximate surface area is 139 Å². The van der Waals surface area contributed by atoms with Crippen LogP contribution >= 0.6 is 0 Å². The van der Waals surface area contributed by atoms with Gasteiger partial charge in [0, 0.05) is 5.41 Å². The van der Waals surface area contributed by atoms with Gasteiger partial charge >= 0.3 is 29.6 Å². The molecule has 0 aliphatic heterocycles. The third-order valence-corrected chi connectivity index (χ3v) is 1.88. The first-order chi connectivity index (χ1) is 7.68. The van der Waals surface area contributed by atoms with Crippen molar-refractivity contribution < 1.29 is 73.9 Å². The maximum atomic E-state index is 9.44. The SMILES string of the molecule is C=CS(=O)(=O)O.C=CS(=O)(=O)O.C=CS(=O)(=O)[O-].O.[Na+]. The van der Waals surface area contributed by atoms with Crippen LogP contribution in [0.4, 0.5) is 0 Å². The van der Waals surface area contributed by atoms with Crippen LogP contribution in [-0.2, 0) is 30.4 Å². The van der Waals surface area contributed by atoms with Crippen LogP contribution in [-0.4, -0.2) is 44.4 Å². The molecule has 0 unspecified atom stereocenters. The van der Waals surface area contributed by atoms with Gasteiger partial charge in [0.2, 0.25) is 0 Å². The Morgan fingerprint density at radius 3 is 0.850 bits per heavy atom. The first-order valence-electron chi connectivity index (χ1n) is 3.46. The van der Waals surface area contributed by atoms with Crippen molar-refractivity contribution >= 4 is 30.4 Å². The van der Waals surface area contributed by atoms with Gasteiger partial charge in [-0.15, -0.1) is 0 Å². The predicted octanol–water partition coefficient (Wildman–Crippen LogP) is -4.11. The van der Waals surface area contributed by atoms with E-state index in [-0.39, 0.29) is 35.0 Å². The molecule has 0 bridgehead atoms. The fourth-order valence-electron chi connectivity index (χ4n) is 0. The van der Waals surface area contributed by atoms with Gasteiger partial charge in [-0.1, -0.05) is 19.7 Å². The van der Waals surface area contributed by atoms with Gasteiger partial charge < -0.3 is 10.0 Å². The molecular formula is C6H13NaO10S3. The van der Waals surface area contributed by atoms with Crippen LogP contribution in [0.5, 0.6) is 0 Å². The minimum absolute atomic E-state index is 0. The smallest absolute Gasteiger partial charge is 0.745 e. The second-order valence-corrected chi connectivity index (χ2v) is 6.07. The molecule has 0 rings (SSSR count). The van der Waals surface area contributed by atoms with E-state index < -0.39 is 30.4 Å². The summed E-state index contributed by atoms with van der Waals surface area (Å²) in [7, 11) is -11.9. The molecule has 0 amide bonds. The van der Waals surface area contributed by atoms with Crippen LogP contribution in [0.3, 0.4) is 0 Å². The van der Waals surface area contributed by atoms with Gasteiger partial charge in [-0.05, 0) is 0 Å². The zero-order valence-corrected chi connectivity index (χ0v) is 14.8. The van der Waals surface area contributed by atoms with Gasteiger partial charge in [0.15, 0.2) is 0 Å². The summed E-state index contributed by atoms with van der Waals surface area (Å²) in [5, 5.41) is 1.28. The monoisotopic (exact) mass is 364 g/mol. The molecule has 0 aliphatic carbocycles. The van der Waals surface area contributed by atoms with Gasteiger partial charge in [0.25, 0.3) is 20.2 Å². The van der Waals surface area contributed by atoms with E-state index in [0.29, 0.717) is 16.2 Å². The van der Waals surface area contributed by atoms with E-state index in [1.54, 1.807) is 0 Å². The van der Waals surface area contributed by atoms with E-state index in [0.717, 1.165) is 0 Å². The topological polar surface area (TPSA) is 197 Å². The summed E-state index contributed by atoms with van der Waals surface area (Å²) in [6, 6.07) is 0. The second kappa shape index (κ2) is 13.9. The first kappa shape index (κ1) is 32.0. The summed E-state index contributed by atoms with van der Waals surface area (Å²) in [6.45, 7) is 8.32. The zero-order valence-electron chi connectivity index (χ0n) is 10.3. The molecule has 116 valence electrons. The third kappa shape index (κ3) is 64.5. The number of rotatable bonds is 3. The van der Waals surface area contributed by atoms with Crippen molar-refractivity contribution in [2.24, 2.45) is 0 Å². The number of hydrogen-bond acceptors (Lipinski definition) is 7. The molecule has 10 nitrogen and oxygen atoms in total. The summed E-state index contributed by atoms with van der Waals surface area (Å²) < 4.78 is 81.1. The second-order valence-electron chi connectivity index (χ2n) is 2.02. The van der Waals surface area contributed by atoms with E-state index in [1.807, 2.05) is 0 Å². The minimum Gasteiger partial charge on any atom is -0.745 e. The summed E-state index contributed by atoms with van der Waals surface area (Å²) in [6.07, 6.45) is 0. The van der Waals surface area contributed by atoms with Crippen molar-refractivity contribution in [1.82, 2.24) is 0 Å². The van der Waals surface area contributed by atoms with E-state index in [4.69, 9.17) is 9.11 Å². The van der Waals surface area contributed by atoms with Crippen LogP contribution in [0.15, 0.2) is 36.0 Å². The molecule has 0 spiro atoms. The Morgan fingerprint density at radius 1 is 0.750 bits per heavy atom. The Kier molecular flexibility index (Phi) is 22.2. The normalized spacial score (nSPS) is 9.75. The molecule has 0 heterocycles. The molecule has 0 fully saturated rings. The summed E-state index contributed by atoms with van der Waals surface area (Å²) in [5.41, 5.74) is 0. The molecule has 0 saturated carbocycles. The quantitative estimate of drug-likeness (QED) is 0.369. The summed E-state index contributed by atoms with van der Waals surface area (Å²) >= 11 is 0. The van der Waals surface area contributed by atoms with Crippen molar-refractivity contribution in [1.29, 1.82) is 0 Å². The zero-order chi connectivity index (χ0) is 15.6. The standard InChI is InChI=1S/3C2H4O3S.Na.H2O/c3*1-2-6(3,4)5;;/h3*2H,1H2,(H,3,4,5);;1H2/q;;;+1;/p-1. The molecule has 0 aromatic rings. The Bertz CT molecular complexity index is 450. The van der Waals surface area contributed by atoms with Crippen molar-refractivity contribution in [3.8, 4) is 0 Å². The van der Waals surface area contributed by atoms with Crippen molar-refractivity contribution in [3.63, 3.8) is 0 Å². The minimum atomic E-state index is -4.15. The number of hydrogen-bond donors (Lipinski definition) is 2. The molecule has 14 heteroatoms. The van der Waals surface area contributed by atoms with Crippen LogP contribution < -0.4 is 29.6 Å². The Balaban J connectivity index is -0.0000000536. The Morgan fingerprint density at radius 2 is 0.850 bits per heavy atom. The van der Waals surface area contributed by atoms with Crippen LogP contribution in [0.25, 0.3) is 0 Å². The van der Waals surface area contributed by atoms with E-state index in [1.165, 1.54) is 0 Å². The van der Waals surface area contributed by atoms with Crippen molar-refractivity contribution in [2.45, 2.75) is 0 Å². The van der Waals surface area contributed by atoms with Gasteiger partial charge in [0.05, 0.1) is 10.8 Å². The van der Waals surface area contributed by atoms with Gasteiger partial charge in [0.1, 0.15) is 10.1 Å². The molecule has 0 aliphatic rings. The van der Waals surface area contributed by atoms with Crippen molar-refractivity contribution in [3.05, 3.63) is 36.0 Å². The molecule has 20 heavy (non-hydrogen) atoms. The first-order valence-corrected chi connectivity index (χ1v) is 7.94. The predicted molar refractivity (Wildman–Crippen MR) is 67.0 cm³/mol. The maximum absolute atomic E-state index is 9.44. The molecule has 0 radical (unpaired) electrons. The van der Waals surface area contributed by atoms with E-state index in [2.05, 4.69) is 19.7 Å². The van der Waals surface area contributed by atoms with Gasteiger partial charge in [-0.3, -0.25) is 9.11 Å².